The highest BCUT2D eigenvalue weighted by molar-refractivity contribution is 5.86. The number of nitrogens with zero attached hydrogens (tertiary/aromatic N) is 7. The summed E-state index contributed by atoms with van der Waals surface area (Å²) in [6.07, 6.45) is 0.460. The van der Waals surface area contributed by atoms with Crippen LogP contribution in [-0.4, -0.2) is 34.7 Å². The highest BCUT2D eigenvalue weighted by atomic mass is 19.4. The van der Waals surface area contributed by atoms with Crippen LogP contribution < -0.4 is 4.74 Å². The largest absolute Gasteiger partial charge is 0.485 e. The lowest BCUT2D eigenvalue weighted by molar-refractivity contribution is -0.137. The van der Waals surface area contributed by atoms with E-state index in [9.17, 15) is 13.2 Å². The number of para-hydroxylation sites is 1. The summed E-state index contributed by atoms with van der Waals surface area (Å²) < 4.78 is 48.1. The Morgan fingerprint density at radius 2 is 1.67 bits per heavy atom. The molecule has 0 bridgehead atoms. The number of aromatic nitrogens is 7. The van der Waals surface area contributed by atoms with Gasteiger partial charge >= 0.3 is 6.18 Å². The topological polar surface area (TPSA) is 83.5 Å². The fourth-order valence-corrected chi connectivity index (χ4v) is 4.18. The number of fused-ring (bicyclic) bond motifs is 1. The van der Waals surface area contributed by atoms with Crippen LogP contribution in [0.25, 0.3) is 33.7 Å². The minimum atomic E-state index is -4.41. The standard InChI is InChI=1S/C28H20F3N7O/c1-18-6-2-5-9-25(18)39-17-26-34-27(38(36-26)24-15-32-35-23-8-4-3-7-22(23)24)19-14-33-37(16-19)21-12-10-20(11-13-21)28(29,30)31/h2-16H,17H2,1H3. The van der Waals surface area contributed by atoms with Gasteiger partial charge in [0.2, 0.25) is 0 Å². The van der Waals surface area contributed by atoms with Crippen molar-refractivity contribution in [2.75, 3.05) is 0 Å². The average molecular weight is 528 g/mol. The average Bonchev–Trinajstić information content (AvgIpc) is 3.60. The Morgan fingerprint density at radius 3 is 2.46 bits per heavy atom. The van der Waals surface area contributed by atoms with Crippen LogP contribution in [0.4, 0.5) is 13.2 Å². The van der Waals surface area contributed by atoms with Gasteiger partial charge in [-0.05, 0) is 48.9 Å². The van der Waals surface area contributed by atoms with E-state index in [0.29, 0.717) is 34.1 Å². The van der Waals surface area contributed by atoms with Crippen LogP contribution >= 0.6 is 0 Å². The third kappa shape index (κ3) is 4.81. The summed E-state index contributed by atoms with van der Waals surface area (Å²) in [4.78, 5) is 4.74. The van der Waals surface area contributed by atoms with Crippen LogP contribution in [0.2, 0.25) is 0 Å². The maximum atomic E-state index is 13.0. The molecule has 39 heavy (non-hydrogen) atoms. The molecule has 6 aromatic rings. The van der Waals surface area contributed by atoms with Gasteiger partial charge in [0.05, 0.1) is 40.4 Å². The number of hydrogen-bond donors (Lipinski definition) is 0. The molecule has 8 nitrogen and oxygen atoms in total. The molecule has 6 rings (SSSR count). The minimum Gasteiger partial charge on any atom is -0.485 e. The van der Waals surface area contributed by atoms with Crippen molar-refractivity contribution < 1.29 is 17.9 Å². The highest BCUT2D eigenvalue weighted by Crippen LogP contribution is 2.30. The van der Waals surface area contributed by atoms with E-state index in [1.807, 2.05) is 55.5 Å². The monoisotopic (exact) mass is 527 g/mol. The van der Waals surface area contributed by atoms with Crippen LogP contribution in [0.3, 0.4) is 0 Å². The predicted octanol–water partition coefficient (Wildman–Crippen LogP) is 5.97. The molecular weight excluding hydrogens is 507 g/mol. The van der Waals surface area contributed by atoms with E-state index in [1.165, 1.54) is 16.8 Å². The maximum Gasteiger partial charge on any atom is 0.416 e. The van der Waals surface area contributed by atoms with Crippen molar-refractivity contribution in [1.29, 1.82) is 0 Å². The molecule has 0 atom stereocenters. The van der Waals surface area contributed by atoms with Gasteiger partial charge in [-0.2, -0.15) is 28.5 Å². The van der Waals surface area contributed by atoms with E-state index in [4.69, 9.17) is 14.8 Å². The van der Waals surface area contributed by atoms with Crippen molar-refractivity contribution >= 4 is 10.9 Å². The normalized spacial score (nSPS) is 11.7. The first-order chi connectivity index (χ1) is 18.9. The maximum absolute atomic E-state index is 13.0. The van der Waals surface area contributed by atoms with E-state index >= 15 is 0 Å². The van der Waals surface area contributed by atoms with Crippen molar-refractivity contribution in [3.63, 3.8) is 0 Å². The lowest BCUT2D eigenvalue weighted by atomic mass is 10.2. The molecule has 0 N–H and O–H groups in total. The van der Waals surface area contributed by atoms with E-state index in [2.05, 4.69) is 15.3 Å². The number of ether oxygens (including phenoxy) is 1. The predicted molar refractivity (Wildman–Crippen MR) is 138 cm³/mol. The van der Waals surface area contributed by atoms with Crippen molar-refractivity contribution in [3.8, 4) is 28.5 Å². The van der Waals surface area contributed by atoms with Gasteiger partial charge in [-0.3, -0.25) is 0 Å². The van der Waals surface area contributed by atoms with Gasteiger partial charge in [-0.15, -0.1) is 5.10 Å². The molecule has 3 heterocycles. The lowest BCUT2D eigenvalue weighted by Crippen LogP contribution is -2.05. The van der Waals surface area contributed by atoms with Gasteiger partial charge in [-0.1, -0.05) is 36.4 Å². The van der Waals surface area contributed by atoms with E-state index in [0.717, 1.165) is 28.8 Å². The smallest absolute Gasteiger partial charge is 0.416 e. The zero-order valence-electron chi connectivity index (χ0n) is 20.5. The molecule has 0 fully saturated rings. The minimum absolute atomic E-state index is 0.119. The van der Waals surface area contributed by atoms with Crippen LogP contribution in [0, 0.1) is 6.92 Å². The third-order valence-electron chi connectivity index (χ3n) is 6.16. The zero-order chi connectivity index (χ0) is 27.0. The van der Waals surface area contributed by atoms with Crippen molar-refractivity contribution in [3.05, 3.63) is 108 Å². The van der Waals surface area contributed by atoms with Crippen molar-refractivity contribution in [2.45, 2.75) is 19.7 Å². The van der Waals surface area contributed by atoms with E-state index in [1.54, 1.807) is 23.3 Å². The second-order valence-corrected chi connectivity index (χ2v) is 8.78. The molecular formula is C28H20F3N7O. The van der Waals surface area contributed by atoms with E-state index in [-0.39, 0.29) is 6.61 Å². The zero-order valence-corrected chi connectivity index (χ0v) is 20.5. The first kappa shape index (κ1) is 24.3. The summed E-state index contributed by atoms with van der Waals surface area (Å²) in [6.45, 7) is 2.07. The van der Waals surface area contributed by atoms with Crippen LogP contribution in [0.5, 0.6) is 5.75 Å². The number of halogens is 3. The Bertz CT molecular complexity index is 1770. The van der Waals surface area contributed by atoms with Crippen LogP contribution in [-0.2, 0) is 12.8 Å². The fourth-order valence-electron chi connectivity index (χ4n) is 4.18. The number of aryl methyl sites for hydroxylation is 1. The number of benzene rings is 3. The van der Waals surface area contributed by atoms with E-state index < -0.39 is 11.7 Å². The first-order valence-electron chi connectivity index (χ1n) is 11.9. The molecule has 0 saturated carbocycles. The van der Waals surface area contributed by atoms with Crippen LogP contribution in [0.15, 0.2) is 91.4 Å². The van der Waals surface area contributed by atoms with Gasteiger partial charge in [-0.25, -0.2) is 14.3 Å². The van der Waals surface area contributed by atoms with Gasteiger partial charge in [0, 0.05) is 11.6 Å². The lowest BCUT2D eigenvalue weighted by Gasteiger charge is -2.08. The van der Waals surface area contributed by atoms with Crippen LogP contribution in [0.1, 0.15) is 17.0 Å². The molecule has 3 aromatic carbocycles. The SMILES string of the molecule is Cc1ccccc1OCc1nc(-c2cnn(-c3ccc(C(F)(F)F)cc3)c2)n(-c2cnnc3ccccc23)n1. The quantitative estimate of drug-likeness (QED) is 0.265. The number of rotatable bonds is 6. The van der Waals surface area contributed by atoms with Gasteiger partial charge in [0.1, 0.15) is 12.4 Å². The van der Waals surface area contributed by atoms with Crippen molar-refractivity contribution in [1.82, 2.24) is 34.7 Å². The Morgan fingerprint density at radius 1 is 0.897 bits per heavy atom. The Labute approximate surface area is 220 Å². The molecule has 3 aromatic heterocycles. The highest BCUT2D eigenvalue weighted by Gasteiger charge is 2.30. The second kappa shape index (κ2) is 9.67. The Kier molecular flexibility index (Phi) is 6.02. The molecule has 0 aliphatic rings. The molecule has 0 aliphatic carbocycles. The van der Waals surface area contributed by atoms with Gasteiger partial charge in [0.15, 0.2) is 11.6 Å². The summed E-state index contributed by atoms with van der Waals surface area (Å²) in [6, 6.07) is 20.0. The number of alkyl halides is 3. The molecule has 0 unspecified atom stereocenters. The van der Waals surface area contributed by atoms with Crippen molar-refractivity contribution in [2.24, 2.45) is 0 Å². The Balaban J connectivity index is 1.40. The Hall–Kier alpha value is -5.06. The molecule has 11 heteroatoms. The molecule has 0 amide bonds. The molecule has 0 saturated heterocycles. The molecule has 0 radical (unpaired) electrons. The van der Waals surface area contributed by atoms with Gasteiger partial charge in [0.25, 0.3) is 0 Å². The summed E-state index contributed by atoms with van der Waals surface area (Å²) in [5, 5.41) is 18.2. The first-order valence-corrected chi connectivity index (χ1v) is 11.9. The molecule has 0 aliphatic heterocycles. The third-order valence-corrected chi connectivity index (χ3v) is 6.16. The molecule has 0 spiro atoms. The second-order valence-electron chi connectivity index (χ2n) is 8.78. The summed E-state index contributed by atoms with van der Waals surface area (Å²) in [5.74, 6) is 1.62. The molecule has 194 valence electrons. The summed E-state index contributed by atoms with van der Waals surface area (Å²) in [7, 11) is 0. The summed E-state index contributed by atoms with van der Waals surface area (Å²) >= 11 is 0. The summed E-state index contributed by atoms with van der Waals surface area (Å²) in [5.41, 5.74) is 2.68. The number of hydrogen-bond acceptors (Lipinski definition) is 6. The fraction of sp³-hybridized carbons (Fsp3) is 0.107. The van der Waals surface area contributed by atoms with Gasteiger partial charge < -0.3 is 4.74 Å².